The molecule has 0 N–H and O–H groups in total. The zero-order valence-electron chi connectivity index (χ0n) is 3.08. The maximum atomic E-state index is 2.63. The summed E-state index contributed by atoms with van der Waals surface area (Å²) in [7, 11) is 0. The van der Waals surface area contributed by atoms with Crippen molar-refractivity contribution in [1.29, 1.82) is 0 Å². The molecule has 1 saturated carbocycles. The van der Waals surface area contributed by atoms with E-state index in [0.29, 0.717) is 0 Å². The predicted octanol–water partition coefficient (Wildman–Crippen LogP) is 2.00. The summed E-state index contributed by atoms with van der Waals surface area (Å²) in [5.74, 6) is 0. The van der Waals surface area contributed by atoms with Gasteiger partial charge in [0, 0.05) is 0 Å². The molecule has 1 rings (SSSR count). The van der Waals surface area contributed by atoms with Crippen molar-refractivity contribution in [1.82, 2.24) is 0 Å². The SMILES string of the molecule is [I][Zn][CH]1CC1. The van der Waals surface area contributed by atoms with Gasteiger partial charge in [-0.25, -0.2) is 0 Å². The first kappa shape index (κ1) is 4.51. The van der Waals surface area contributed by atoms with E-state index in [2.05, 4.69) is 19.8 Å². The summed E-state index contributed by atoms with van der Waals surface area (Å²) in [6.07, 6.45) is 3.17. The maximum absolute atomic E-state index is 2.63. The molecule has 1 aliphatic carbocycles. The van der Waals surface area contributed by atoms with E-state index in [1.807, 2.05) is 0 Å². The first-order chi connectivity index (χ1) is 2.43. The van der Waals surface area contributed by atoms with Gasteiger partial charge < -0.3 is 0 Å². The van der Waals surface area contributed by atoms with E-state index in [-0.39, 0.29) is 13.6 Å². The first-order valence-electron chi connectivity index (χ1n) is 1.99. The Morgan fingerprint density at radius 3 is 2.20 bits per heavy atom. The summed E-state index contributed by atoms with van der Waals surface area (Å²) in [4.78, 5) is 0. The van der Waals surface area contributed by atoms with E-state index in [1.165, 1.54) is 4.51 Å². The Morgan fingerprint density at radius 1 is 1.60 bits per heavy atom. The standard InChI is InChI=1S/C3H5.HI.Zn/c1-2-3-1;;/h1H,2-3H2;1H;/q;;+1/p-1. The van der Waals surface area contributed by atoms with Crippen LogP contribution in [0, 0.1) is 0 Å². The molecule has 2 heteroatoms. The summed E-state index contributed by atoms with van der Waals surface area (Å²) in [6.45, 7) is 0. The van der Waals surface area contributed by atoms with Crippen LogP contribution in [0.25, 0.3) is 0 Å². The number of hydrogen-bond acceptors (Lipinski definition) is 0. The summed E-state index contributed by atoms with van der Waals surface area (Å²) in [5.41, 5.74) is 0. The molecule has 0 unspecified atom stereocenters. The first-order valence-corrected chi connectivity index (χ1v) is 12.8. The second-order valence-electron chi connectivity index (χ2n) is 1.60. The molecule has 0 aliphatic heterocycles. The van der Waals surface area contributed by atoms with E-state index >= 15 is 0 Å². The number of hydrogen-bond donors (Lipinski definition) is 0. The van der Waals surface area contributed by atoms with Gasteiger partial charge in [0.15, 0.2) is 0 Å². The zero-order valence-corrected chi connectivity index (χ0v) is 8.20. The molecule has 0 spiro atoms. The van der Waals surface area contributed by atoms with Crippen LogP contribution in [0.4, 0.5) is 0 Å². The van der Waals surface area contributed by atoms with Gasteiger partial charge in [-0.15, -0.1) is 0 Å². The molecule has 0 aromatic heterocycles. The second kappa shape index (κ2) is 1.88. The molecule has 0 aromatic rings. The van der Waals surface area contributed by atoms with Gasteiger partial charge in [0.05, 0.1) is 0 Å². The van der Waals surface area contributed by atoms with E-state index < -0.39 is 0 Å². The molecule has 0 saturated heterocycles. The van der Waals surface area contributed by atoms with Crippen molar-refractivity contribution in [2.24, 2.45) is 0 Å². The van der Waals surface area contributed by atoms with Crippen LogP contribution in [0.5, 0.6) is 0 Å². The molecule has 0 atom stereocenters. The van der Waals surface area contributed by atoms with Gasteiger partial charge in [0.1, 0.15) is 0 Å². The molecular weight excluding hydrogens is 228 g/mol. The van der Waals surface area contributed by atoms with E-state index in [0.717, 1.165) is 0 Å². The van der Waals surface area contributed by atoms with Crippen LogP contribution < -0.4 is 0 Å². The van der Waals surface area contributed by atoms with E-state index in [1.54, 1.807) is 12.8 Å². The monoisotopic (exact) mass is 232 g/mol. The third-order valence-electron chi connectivity index (χ3n) is 0.915. The van der Waals surface area contributed by atoms with Crippen molar-refractivity contribution in [3.63, 3.8) is 0 Å². The zero-order chi connectivity index (χ0) is 3.70. The van der Waals surface area contributed by atoms with Crippen LogP contribution in [-0.4, -0.2) is 0 Å². The molecule has 0 amide bonds. The molecule has 0 bridgehead atoms. The van der Waals surface area contributed by atoms with Crippen LogP contribution in [0.15, 0.2) is 0 Å². The Hall–Kier alpha value is 1.35. The van der Waals surface area contributed by atoms with Gasteiger partial charge in [-0.1, -0.05) is 0 Å². The number of rotatable bonds is 1. The summed E-state index contributed by atoms with van der Waals surface area (Å²) >= 11 is 2.72. The van der Waals surface area contributed by atoms with Crippen LogP contribution in [0.1, 0.15) is 12.8 Å². The van der Waals surface area contributed by atoms with Gasteiger partial charge in [-0.2, -0.15) is 0 Å². The molecule has 1 fully saturated rings. The molecule has 0 heterocycles. The Labute approximate surface area is 50.5 Å². The Balaban J connectivity index is 2.00. The molecule has 1 aliphatic rings. The normalized spacial score (nSPS) is 21.8. The number of halogens is 1. The van der Waals surface area contributed by atoms with Gasteiger partial charge >= 0.3 is 50.7 Å². The summed E-state index contributed by atoms with van der Waals surface area (Å²) in [6, 6.07) is 0. The summed E-state index contributed by atoms with van der Waals surface area (Å²) < 4.78 is 1.31. The second-order valence-corrected chi connectivity index (χ2v) is 9.24. The van der Waals surface area contributed by atoms with Crippen LogP contribution >= 0.6 is 19.8 Å². The van der Waals surface area contributed by atoms with Crippen molar-refractivity contribution in [3.8, 4) is 0 Å². The van der Waals surface area contributed by atoms with E-state index in [9.17, 15) is 0 Å². The van der Waals surface area contributed by atoms with Gasteiger partial charge in [-0.3, -0.25) is 0 Å². The molecule has 0 nitrogen and oxygen atoms in total. The minimum absolute atomic E-state index is 0.0950. The minimum atomic E-state index is 0.0950. The Morgan fingerprint density at radius 2 is 2.20 bits per heavy atom. The van der Waals surface area contributed by atoms with Crippen LogP contribution in [0.3, 0.4) is 0 Å². The molecule has 26 valence electrons. The average molecular weight is 233 g/mol. The van der Waals surface area contributed by atoms with Crippen molar-refractivity contribution >= 4 is 19.8 Å². The topological polar surface area (TPSA) is 0 Å². The van der Waals surface area contributed by atoms with Crippen molar-refractivity contribution in [2.75, 3.05) is 0 Å². The third-order valence-corrected chi connectivity index (χ3v) is 10.0. The van der Waals surface area contributed by atoms with Gasteiger partial charge in [0.2, 0.25) is 0 Å². The fourth-order valence-corrected chi connectivity index (χ4v) is 5.99. The molecule has 0 radical (unpaired) electrons. The van der Waals surface area contributed by atoms with Crippen molar-refractivity contribution < 1.29 is 13.6 Å². The van der Waals surface area contributed by atoms with Gasteiger partial charge in [0.25, 0.3) is 0 Å². The molecule has 0 aromatic carbocycles. The Kier molecular flexibility index (Phi) is 1.69. The fraction of sp³-hybridized carbons (Fsp3) is 1.00. The quantitative estimate of drug-likeness (QED) is 0.480. The summed E-state index contributed by atoms with van der Waals surface area (Å²) in [5, 5.41) is 0. The Bertz CT molecular complexity index is 33.9. The predicted molar refractivity (Wildman–Crippen MR) is 27.0 cm³/mol. The third kappa shape index (κ3) is 1.49. The van der Waals surface area contributed by atoms with Gasteiger partial charge in [-0.05, 0) is 0 Å². The van der Waals surface area contributed by atoms with Crippen molar-refractivity contribution in [2.45, 2.75) is 17.4 Å². The van der Waals surface area contributed by atoms with Crippen molar-refractivity contribution in [3.05, 3.63) is 0 Å². The van der Waals surface area contributed by atoms with E-state index in [4.69, 9.17) is 0 Å². The molecular formula is C3H5IZn. The fourth-order valence-electron chi connectivity index (χ4n) is 0.272. The average Bonchev–Trinajstić information content (AvgIpc) is 2.12. The van der Waals surface area contributed by atoms with Crippen LogP contribution in [0.2, 0.25) is 4.51 Å². The van der Waals surface area contributed by atoms with Crippen LogP contribution in [-0.2, 0) is 13.6 Å². The molecule has 5 heavy (non-hydrogen) atoms.